The third kappa shape index (κ3) is 6.06. The van der Waals surface area contributed by atoms with Crippen LogP contribution in [0.4, 0.5) is 0 Å². The molecule has 0 heterocycles. The van der Waals surface area contributed by atoms with Gasteiger partial charge in [0.05, 0.1) is 6.10 Å². The van der Waals surface area contributed by atoms with Crippen LogP contribution in [-0.4, -0.2) is 28.3 Å². The fourth-order valence-corrected chi connectivity index (χ4v) is 8.95. The van der Waals surface area contributed by atoms with Gasteiger partial charge in [0.2, 0.25) is 0 Å². The molecule has 4 rings (SSSR count). The predicted octanol–water partition coefficient (Wildman–Crippen LogP) is 7.44. The van der Waals surface area contributed by atoms with Crippen LogP contribution in [0.25, 0.3) is 0 Å². The molecule has 3 fully saturated rings. The molecule has 0 aromatic heterocycles. The normalized spacial score (nSPS) is 39.3. The average molecular weight is 504 g/mol. The number of carboxylic acids is 1. The van der Waals surface area contributed by atoms with E-state index in [0.717, 1.165) is 48.3 Å². The third-order valence-electron chi connectivity index (χ3n) is 11.3. The fraction of sp³-hybridized carbons (Fsp3) is 0.906. The molecule has 4 nitrogen and oxygen atoms in total. The van der Waals surface area contributed by atoms with Crippen LogP contribution in [-0.2, 0) is 4.79 Å². The number of aliphatic hydroxyl groups is 1. The van der Waals surface area contributed by atoms with Crippen molar-refractivity contribution in [2.75, 3.05) is 0 Å². The number of aliphatic carboxylic acids is 1. The van der Waals surface area contributed by atoms with Crippen LogP contribution in [0.3, 0.4) is 0 Å². The van der Waals surface area contributed by atoms with Gasteiger partial charge in [0.25, 0.3) is 0 Å². The number of fused-ring (bicyclic) bond motifs is 5. The molecule has 4 N–H and O–H groups in total. The van der Waals surface area contributed by atoms with E-state index in [9.17, 15) is 9.90 Å². The molecule has 4 aliphatic rings. The maximum atomic E-state index is 10.2. The molecule has 9 atom stereocenters. The summed E-state index contributed by atoms with van der Waals surface area (Å²) in [6.45, 7) is 16.1. The molecule has 0 radical (unpaired) electrons. The number of hydrogen-bond donors (Lipinski definition) is 3. The van der Waals surface area contributed by atoms with E-state index in [1.807, 2.05) is 0 Å². The van der Waals surface area contributed by atoms with Gasteiger partial charge in [-0.3, -0.25) is 4.79 Å². The van der Waals surface area contributed by atoms with Crippen LogP contribution in [0.1, 0.15) is 119 Å². The highest BCUT2D eigenvalue weighted by molar-refractivity contribution is 5.73. The summed E-state index contributed by atoms with van der Waals surface area (Å²) in [5.74, 6) is 4.55. The molecule has 0 aliphatic heterocycles. The molecule has 36 heavy (non-hydrogen) atoms. The van der Waals surface area contributed by atoms with Crippen molar-refractivity contribution in [1.29, 1.82) is 0 Å². The average Bonchev–Trinajstić information content (AvgIpc) is 3.16. The SMILES string of the molecule is CC(C)CCC[C@@H](C)[C@H]1CC[C@H]2[C@@H]3CC=C4C[C@@H](O)CC[C@]4(C)[C@H]3CC[C@]12C.CC(C)[C@H](N)C(=O)O. The van der Waals surface area contributed by atoms with Gasteiger partial charge in [-0.25, -0.2) is 0 Å². The van der Waals surface area contributed by atoms with Crippen molar-refractivity contribution in [3.63, 3.8) is 0 Å². The van der Waals surface area contributed by atoms with Gasteiger partial charge in [0.15, 0.2) is 0 Å². The number of hydrogen-bond acceptors (Lipinski definition) is 3. The lowest BCUT2D eigenvalue weighted by atomic mass is 9.47. The van der Waals surface area contributed by atoms with Crippen LogP contribution in [0.5, 0.6) is 0 Å². The Hall–Kier alpha value is -0.870. The summed E-state index contributed by atoms with van der Waals surface area (Å²) >= 11 is 0. The summed E-state index contributed by atoms with van der Waals surface area (Å²) in [6, 6.07) is -0.713. The monoisotopic (exact) mass is 503 g/mol. The van der Waals surface area contributed by atoms with Crippen molar-refractivity contribution in [3.8, 4) is 0 Å². The van der Waals surface area contributed by atoms with Crippen molar-refractivity contribution in [1.82, 2.24) is 0 Å². The lowest BCUT2D eigenvalue weighted by Gasteiger charge is -2.58. The van der Waals surface area contributed by atoms with Crippen molar-refractivity contribution in [2.45, 2.75) is 131 Å². The Morgan fingerprint density at radius 2 is 1.72 bits per heavy atom. The number of carboxylic acid groups (broad SMARTS) is 1. The summed E-state index contributed by atoms with van der Waals surface area (Å²) in [7, 11) is 0. The summed E-state index contributed by atoms with van der Waals surface area (Å²) in [5, 5.41) is 18.4. The van der Waals surface area contributed by atoms with E-state index < -0.39 is 12.0 Å². The van der Waals surface area contributed by atoms with Gasteiger partial charge in [-0.1, -0.05) is 79.4 Å². The molecule has 0 unspecified atom stereocenters. The van der Waals surface area contributed by atoms with E-state index in [4.69, 9.17) is 10.8 Å². The minimum absolute atomic E-state index is 0.0208. The van der Waals surface area contributed by atoms with Crippen molar-refractivity contribution in [3.05, 3.63) is 11.6 Å². The van der Waals surface area contributed by atoms with Crippen LogP contribution in [0.15, 0.2) is 11.6 Å². The number of aliphatic hydroxyl groups excluding tert-OH is 1. The predicted molar refractivity (Wildman–Crippen MR) is 150 cm³/mol. The molecular weight excluding hydrogens is 446 g/mol. The highest BCUT2D eigenvalue weighted by atomic mass is 16.4. The van der Waals surface area contributed by atoms with Crippen LogP contribution < -0.4 is 5.73 Å². The van der Waals surface area contributed by atoms with Gasteiger partial charge in [0, 0.05) is 0 Å². The first kappa shape index (κ1) is 29.7. The molecule has 0 spiro atoms. The molecule has 0 aromatic carbocycles. The second-order valence-corrected chi connectivity index (χ2v) is 14.3. The highest BCUT2D eigenvalue weighted by Gasteiger charge is 2.59. The Morgan fingerprint density at radius 1 is 1.03 bits per heavy atom. The summed E-state index contributed by atoms with van der Waals surface area (Å²) in [5.41, 5.74) is 7.76. The number of rotatable bonds is 7. The first-order chi connectivity index (χ1) is 16.8. The maximum Gasteiger partial charge on any atom is 0.320 e. The number of nitrogens with two attached hydrogens (primary N) is 1. The van der Waals surface area contributed by atoms with Gasteiger partial charge >= 0.3 is 5.97 Å². The van der Waals surface area contributed by atoms with Crippen molar-refractivity contribution < 1.29 is 15.0 Å². The van der Waals surface area contributed by atoms with E-state index in [0.29, 0.717) is 10.8 Å². The molecule has 4 aliphatic carbocycles. The van der Waals surface area contributed by atoms with E-state index in [1.54, 1.807) is 19.4 Å². The second kappa shape index (κ2) is 11.9. The molecule has 0 amide bonds. The fourth-order valence-electron chi connectivity index (χ4n) is 8.95. The van der Waals surface area contributed by atoms with E-state index in [-0.39, 0.29) is 12.0 Å². The minimum Gasteiger partial charge on any atom is -0.480 e. The molecule has 0 bridgehead atoms. The second-order valence-electron chi connectivity index (χ2n) is 14.3. The minimum atomic E-state index is -0.931. The van der Waals surface area contributed by atoms with E-state index >= 15 is 0 Å². The van der Waals surface area contributed by atoms with Crippen molar-refractivity contribution in [2.24, 2.45) is 58.0 Å². The molecular formula is C32H57NO3. The Bertz CT molecular complexity index is 775. The van der Waals surface area contributed by atoms with Crippen molar-refractivity contribution >= 4 is 5.97 Å². The Balaban J connectivity index is 0.000000392. The topological polar surface area (TPSA) is 83.5 Å². The van der Waals surface area contributed by atoms with Gasteiger partial charge < -0.3 is 15.9 Å². The lowest BCUT2D eigenvalue weighted by molar-refractivity contribution is -0.139. The first-order valence-corrected chi connectivity index (χ1v) is 15.2. The van der Waals surface area contributed by atoms with Crippen LogP contribution in [0, 0.1) is 52.3 Å². The van der Waals surface area contributed by atoms with Gasteiger partial charge in [-0.2, -0.15) is 0 Å². The zero-order chi connectivity index (χ0) is 26.8. The Kier molecular flexibility index (Phi) is 9.80. The number of allylic oxidation sites excluding steroid dienone is 1. The lowest BCUT2D eigenvalue weighted by Crippen LogP contribution is -2.50. The largest absolute Gasteiger partial charge is 0.480 e. The first-order valence-electron chi connectivity index (χ1n) is 15.2. The Morgan fingerprint density at radius 3 is 2.31 bits per heavy atom. The van der Waals surface area contributed by atoms with E-state index in [2.05, 4.69) is 40.7 Å². The molecule has 4 heteroatoms. The van der Waals surface area contributed by atoms with Gasteiger partial charge in [-0.15, -0.1) is 0 Å². The smallest absolute Gasteiger partial charge is 0.320 e. The van der Waals surface area contributed by atoms with Crippen LogP contribution in [0.2, 0.25) is 0 Å². The summed E-state index contributed by atoms with van der Waals surface area (Å²) < 4.78 is 0. The third-order valence-corrected chi connectivity index (χ3v) is 11.3. The summed E-state index contributed by atoms with van der Waals surface area (Å²) in [6.07, 6.45) is 17.2. The molecule has 0 aromatic rings. The summed E-state index contributed by atoms with van der Waals surface area (Å²) in [4.78, 5) is 10.0. The Labute approximate surface area is 221 Å². The van der Waals surface area contributed by atoms with Gasteiger partial charge in [-0.05, 0) is 104 Å². The zero-order valence-corrected chi connectivity index (χ0v) is 24.4. The molecule has 3 saturated carbocycles. The maximum absolute atomic E-state index is 10.2. The molecule has 208 valence electrons. The zero-order valence-electron chi connectivity index (χ0n) is 24.4. The molecule has 0 saturated heterocycles. The quantitative estimate of drug-likeness (QED) is 0.315. The van der Waals surface area contributed by atoms with Gasteiger partial charge in [0.1, 0.15) is 6.04 Å². The van der Waals surface area contributed by atoms with E-state index in [1.165, 1.54) is 57.8 Å². The number of carbonyl (C=O) groups is 1. The highest BCUT2D eigenvalue weighted by Crippen LogP contribution is 2.67. The standard InChI is InChI=1S/C27H46O.C5H11NO2/c1-18(2)7-6-8-19(3)23-11-12-24-22-10-9-20-17-21(28)13-15-26(20,4)25(22)14-16-27(23,24)5;1-3(2)4(6)5(7)8/h9,18-19,21-25,28H,6-8,10-17H2,1-5H3;3-4H,6H2,1-2H3,(H,7,8)/t19-,21+,22+,23-,24+,25+,26+,27-;4-/m10/s1. The van der Waals surface area contributed by atoms with Crippen LogP contribution >= 0.6 is 0 Å².